The first-order chi connectivity index (χ1) is 4.18. The van der Waals surface area contributed by atoms with E-state index in [0.29, 0.717) is 6.04 Å². The summed E-state index contributed by atoms with van der Waals surface area (Å²) in [5, 5.41) is 0. The minimum absolute atomic E-state index is 0.577. The molecule has 0 aromatic carbocycles. The maximum absolute atomic E-state index is 3.85. The molecule has 0 fully saturated rings. The highest BCUT2D eigenvalue weighted by atomic mass is 32.2. The highest BCUT2D eigenvalue weighted by Crippen LogP contribution is 2.06. The molecule has 0 aliphatic rings. The topological polar surface area (TPSA) is 15.6 Å². The summed E-state index contributed by atoms with van der Waals surface area (Å²) in [5.41, 5.74) is 1.83. The molecule has 0 aliphatic carbocycles. The van der Waals surface area contributed by atoms with E-state index in [2.05, 4.69) is 30.2 Å². The fourth-order valence-electron chi connectivity index (χ4n) is 0.243. The lowest BCUT2D eigenvalue weighted by atomic mass is 10.4. The van der Waals surface area contributed by atoms with Gasteiger partial charge < -0.3 is 0 Å². The van der Waals surface area contributed by atoms with Crippen LogP contribution in [0.2, 0.25) is 0 Å². The summed E-state index contributed by atoms with van der Waals surface area (Å²) in [4.78, 5) is 3.85. The monoisotopic (exact) mass is 146 g/mol. The van der Waals surface area contributed by atoms with Gasteiger partial charge in [0.05, 0.1) is 5.55 Å². The SMILES string of the molecule is CN=CSN(C)C(C)C. The Kier molecular flexibility index (Phi) is 4.81. The average molecular weight is 146 g/mol. The molecule has 54 valence electrons. The molecule has 0 atom stereocenters. The standard InChI is InChI=1S/C6H14N2S/c1-6(2)8(4)9-5-7-3/h5-6H,1-4H3. The fraction of sp³-hybridized carbons (Fsp3) is 0.833. The van der Waals surface area contributed by atoms with Gasteiger partial charge in [-0.25, -0.2) is 4.31 Å². The van der Waals surface area contributed by atoms with E-state index in [1.807, 2.05) is 5.55 Å². The van der Waals surface area contributed by atoms with Crippen LogP contribution in [0, 0.1) is 0 Å². The van der Waals surface area contributed by atoms with E-state index in [-0.39, 0.29) is 0 Å². The maximum atomic E-state index is 3.85. The van der Waals surface area contributed by atoms with Crippen LogP contribution in [-0.2, 0) is 0 Å². The minimum atomic E-state index is 0.577. The molecule has 0 aromatic rings. The van der Waals surface area contributed by atoms with E-state index >= 15 is 0 Å². The molecule has 0 rings (SSSR count). The summed E-state index contributed by atoms with van der Waals surface area (Å²) < 4.78 is 2.15. The first-order valence-corrected chi connectivity index (χ1v) is 3.82. The molecule has 0 saturated heterocycles. The van der Waals surface area contributed by atoms with Crippen molar-refractivity contribution in [1.29, 1.82) is 0 Å². The van der Waals surface area contributed by atoms with E-state index in [0.717, 1.165) is 0 Å². The number of hydrogen-bond acceptors (Lipinski definition) is 3. The zero-order valence-corrected chi connectivity index (χ0v) is 7.27. The van der Waals surface area contributed by atoms with E-state index in [4.69, 9.17) is 0 Å². The molecule has 0 N–H and O–H groups in total. The zero-order valence-electron chi connectivity index (χ0n) is 6.46. The first-order valence-electron chi connectivity index (χ1n) is 2.98. The van der Waals surface area contributed by atoms with Gasteiger partial charge in [0.15, 0.2) is 0 Å². The summed E-state index contributed by atoms with van der Waals surface area (Å²) in [6, 6.07) is 0.577. The molecule has 0 aromatic heterocycles. The highest BCUT2D eigenvalue weighted by molar-refractivity contribution is 8.10. The van der Waals surface area contributed by atoms with Gasteiger partial charge in [-0.1, -0.05) is 0 Å². The number of nitrogens with zero attached hydrogens (tertiary/aromatic N) is 2. The number of rotatable bonds is 3. The van der Waals surface area contributed by atoms with Gasteiger partial charge in [0.1, 0.15) is 0 Å². The van der Waals surface area contributed by atoms with Crippen molar-refractivity contribution in [1.82, 2.24) is 4.31 Å². The van der Waals surface area contributed by atoms with E-state index < -0.39 is 0 Å². The second-order valence-electron chi connectivity index (χ2n) is 2.11. The summed E-state index contributed by atoms with van der Waals surface area (Å²) >= 11 is 1.63. The van der Waals surface area contributed by atoms with Gasteiger partial charge >= 0.3 is 0 Å². The molecule has 9 heavy (non-hydrogen) atoms. The van der Waals surface area contributed by atoms with Crippen LogP contribution in [0.4, 0.5) is 0 Å². The van der Waals surface area contributed by atoms with Crippen molar-refractivity contribution in [2.75, 3.05) is 14.1 Å². The molecule has 0 saturated carbocycles. The molecule has 2 nitrogen and oxygen atoms in total. The zero-order chi connectivity index (χ0) is 7.28. The van der Waals surface area contributed by atoms with Crippen molar-refractivity contribution < 1.29 is 0 Å². The lowest BCUT2D eigenvalue weighted by molar-refractivity contribution is 0.472. The Morgan fingerprint density at radius 2 is 2.11 bits per heavy atom. The molecule has 0 aliphatic heterocycles. The van der Waals surface area contributed by atoms with Crippen molar-refractivity contribution in [2.45, 2.75) is 19.9 Å². The van der Waals surface area contributed by atoms with Crippen molar-refractivity contribution >= 4 is 17.5 Å². The van der Waals surface area contributed by atoms with Gasteiger partial charge in [-0.3, -0.25) is 4.99 Å². The van der Waals surface area contributed by atoms with Crippen LogP contribution in [0.1, 0.15) is 13.8 Å². The van der Waals surface area contributed by atoms with E-state index in [1.165, 1.54) is 0 Å². The Morgan fingerprint density at radius 3 is 2.44 bits per heavy atom. The van der Waals surface area contributed by atoms with Crippen molar-refractivity contribution in [2.24, 2.45) is 4.99 Å². The Labute approximate surface area is 61.5 Å². The Balaban J connectivity index is 3.38. The summed E-state index contributed by atoms with van der Waals surface area (Å²) in [6.45, 7) is 4.30. The predicted octanol–water partition coefficient (Wildman–Crippen LogP) is 1.63. The molecule has 0 radical (unpaired) electrons. The Hall–Kier alpha value is -0.0200. The number of hydrogen-bond donors (Lipinski definition) is 0. The molecule has 3 heteroatoms. The van der Waals surface area contributed by atoms with Crippen LogP contribution in [-0.4, -0.2) is 30.0 Å². The van der Waals surface area contributed by atoms with Gasteiger partial charge in [0.25, 0.3) is 0 Å². The largest absolute Gasteiger partial charge is 0.288 e. The van der Waals surface area contributed by atoms with Crippen LogP contribution in [0.25, 0.3) is 0 Å². The lowest BCUT2D eigenvalue weighted by Gasteiger charge is -2.16. The predicted molar refractivity (Wildman–Crippen MR) is 44.9 cm³/mol. The third kappa shape index (κ3) is 4.48. The molecular formula is C6H14N2S. The number of aliphatic imine (C=N–C) groups is 1. The molecule has 0 spiro atoms. The minimum Gasteiger partial charge on any atom is -0.288 e. The van der Waals surface area contributed by atoms with Crippen LogP contribution < -0.4 is 0 Å². The van der Waals surface area contributed by atoms with Crippen molar-refractivity contribution in [3.05, 3.63) is 0 Å². The summed E-state index contributed by atoms with van der Waals surface area (Å²) in [5.74, 6) is 0. The van der Waals surface area contributed by atoms with Crippen LogP contribution in [0.3, 0.4) is 0 Å². The summed E-state index contributed by atoms with van der Waals surface area (Å²) in [6.07, 6.45) is 0. The van der Waals surface area contributed by atoms with Gasteiger partial charge in [0.2, 0.25) is 0 Å². The fourth-order valence-corrected chi connectivity index (χ4v) is 0.730. The third-order valence-electron chi connectivity index (χ3n) is 1.05. The second-order valence-corrected chi connectivity index (χ2v) is 3.11. The smallest absolute Gasteiger partial charge is 0.0692 e. The lowest BCUT2D eigenvalue weighted by Crippen LogP contribution is -2.18. The first kappa shape index (κ1) is 8.98. The molecule has 0 bridgehead atoms. The van der Waals surface area contributed by atoms with Gasteiger partial charge in [-0.15, -0.1) is 0 Å². The van der Waals surface area contributed by atoms with Gasteiger partial charge in [-0.2, -0.15) is 0 Å². The maximum Gasteiger partial charge on any atom is 0.0692 e. The van der Waals surface area contributed by atoms with E-state index in [9.17, 15) is 0 Å². The molecule has 0 heterocycles. The molecule has 0 amide bonds. The second kappa shape index (κ2) is 4.82. The van der Waals surface area contributed by atoms with Crippen molar-refractivity contribution in [3.8, 4) is 0 Å². The van der Waals surface area contributed by atoms with Crippen LogP contribution >= 0.6 is 11.9 Å². The quantitative estimate of drug-likeness (QED) is 0.342. The average Bonchev–Trinajstić information content (AvgIpc) is 1.82. The Morgan fingerprint density at radius 1 is 1.56 bits per heavy atom. The van der Waals surface area contributed by atoms with Crippen LogP contribution in [0.5, 0.6) is 0 Å². The van der Waals surface area contributed by atoms with Crippen LogP contribution in [0.15, 0.2) is 4.99 Å². The van der Waals surface area contributed by atoms with Gasteiger partial charge in [0, 0.05) is 13.1 Å². The van der Waals surface area contributed by atoms with Gasteiger partial charge in [-0.05, 0) is 32.8 Å². The molecule has 0 unspecified atom stereocenters. The van der Waals surface area contributed by atoms with E-state index in [1.54, 1.807) is 19.0 Å². The van der Waals surface area contributed by atoms with Crippen molar-refractivity contribution in [3.63, 3.8) is 0 Å². The summed E-state index contributed by atoms with van der Waals surface area (Å²) in [7, 11) is 3.83. The normalized spacial score (nSPS) is 12.2. The third-order valence-corrected chi connectivity index (χ3v) is 2.11. The molecular weight excluding hydrogens is 132 g/mol. The Bertz CT molecular complexity index is 91.1. The highest BCUT2D eigenvalue weighted by Gasteiger charge is 1.99.